The van der Waals surface area contributed by atoms with E-state index >= 15 is 0 Å². The van der Waals surface area contributed by atoms with E-state index in [0.717, 1.165) is 0 Å². The molecule has 21 heavy (non-hydrogen) atoms. The Morgan fingerprint density at radius 1 is 1.33 bits per heavy atom. The van der Waals surface area contributed by atoms with Crippen molar-refractivity contribution >= 4 is 15.9 Å². The molecule has 0 bridgehead atoms. The van der Waals surface area contributed by atoms with E-state index in [-0.39, 0.29) is 24.0 Å². The highest BCUT2D eigenvalue weighted by Crippen LogP contribution is 2.11. The third-order valence-corrected chi connectivity index (χ3v) is 4.13. The summed E-state index contributed by atoms with van der Waals surface area (Å²) in [4.78, 5) is 12.0. The highest BCUT2D eigenvalue weighted by Gasteiger charge is 2.15. The Morgan fingerprint density at radius 3 is 2.67 bits per heavy atom. The second kappa shape index (κ2) is 8.11. The van der Waals surface area contributed by atoms with Crippen molar-refractivity contribution in [3.8, 4) is 0 Å². The number of rotatable bonds is 8. The van der Waals surface area contributed by atoms with Crippen molar-refractivity contribution in [2.75, 3.05) is 26.8 Å². The Labute approximate surface area is 125 Å². The first-order valence-electron chi connectivity index (χ1n) is 6.73. The second-order valence-corrected chi connectivity index (χ2v) is 6.79. The molecule has 0 aromatic heterocycles. The molecular weight excluding hydrogens is 292 g/mol. The van der Waals surface area contributed by atoms with Gasteiger partial charge in [-0.15, -0.1) is 0 Å². The predicted octanol–water partition coefficient (Wildman–Crippen LogP) is 0.997. The van der Waals surface area contributed by atoms with Crippen LogP contribution in [-0.2, 0) is 14.8 Å². The van der Waals surface area contributed by atoms with Crippen molar-refractivity contribution in [2.24, 2.45) is 5.92 Å². The minimum Gasteiger partial charge on any atom is -0.383 e. The molecule has 0 spiro atoms. The van der Waals surface area contributed by atoms with E-state index in [1.54, 1.807) is 12.1 Å². The molecule has 0 unspecified atom stereocenters. The molecule has 0 saturated heterocycles. The highest BCUT2D eigenvalue weighted by molar-refractivity contribution is 7.89. The average Bonchev–Trinajstić information content (AvgIpc) is 2.45. The summed E-state index contributed by atoms with van der Waals surface area (Å²) in [6.45, 7) is 4.99. The standard InChI is InChI=1S/C14H22N2O4S/c1-11(2)10-15-14(17)12-5-4-6-13(9-12)21(18,19)16-7-8-20-3/h4-6,9,11,16H,7-8,10H2,1-3H3,(H,15,17). The Balaban J connectivity index is 2.82. The first kappa shape index (κ1) is 17.6. The number of carbonyl (C=O) groups is 1. The monoisotopic (exact) mass is 314 g/mol. The SMILES string of the molecule is COCCNS(=O)(=O)c1cccc(C(=O)NCC(C)C)c1. The Bertz CT molecular complexity index is 570. The van der Waals surface area contributed by atoms with Crippen LogP contribution in [0, 0.1) is 5.92 Å². The summed E-state index contributed by atoms with van der Waals surface area (Å²) in [5.41, 5.74) is 0.324. The molecule has 1 aromatic carbocycles. The van der Waals surface area contributed by atoms with Gasteiger partial charge in [-0.3, -0.25) is 4.79 Å². The van der Waals surface area contributed by atoms with Crippen LogP contribution >= 0.6 is 0 Å². The van der Waals surface area contributed by atoms with Crippen LogP contribution in [0.15, 0.2) is 29.2 Å². The summed E-state index contributed by atoms with van der Waals surface area (Å²) in [5.74, 6) is 0.0502. The van der Waals surface area contributed by atoms with Crippen LogP contribution < -0.4 is 10.0 Å². The van der Waals surface area contributed by atoms with Crippen molar-refractivity contribution in [3.05, 3.63) is 29.8 Å². The zero-order valence-electron chi connectivity index (χ0n) is 12.5. The minimum absolute atomic E-state index is 0.0656. The summed E-state index contributed by atoms with van der Waals surface area (Å²) in [6.07, 6.45) is 0. The fraction of sp³-hybridized carbons (Fsp3) is 0.500. The number of benzene rings is 1. The van der Waals surface area contributed by atoms with Gasteiger partial charge in [0.2, 0.25) is 10.0 Å². The van der Waals surface area contributed by atoms with E-state index in [4.69, 9.17) is 4.74 Å². The first-order chi connectivity index (χ1) is 9.86. The smallest absolute Gasteiger partial charge is 0.251 e. The van der Waals surface area contributed by atoms with E-state index in [1.807, 2.05) is 13.8 Å². The van der Waals surface area contributed by atoms with E-state index in [2.05, 4.69) is 10.0 Å². The van der Waals surface area contributed by atoms with Gasteiger partial charge >= 0.3 is 0 Å². The summed E-state index contributed by atoms with van der Waals surface area (Å²) < 4.78 is 31.3. The molecule has 0 aliphatic heterocycles. The molecule has 118 valence electrons. The van der Waals surface area contributed by atoms with E-state index in [1.165, 1.54) is 19.2 Å². The Morgan fingerprint density at radius 2 is 2.05 bits per heavy atom. The Kier molecular flexibility index (Phi) is 6.80. The zero-order valence-corrected chi connectivity index (χ0v) is 13.4. The number of methoxy groups -OCH3 is 1. The normalized spacial score (nSPS) is 11.6. The van der Waals surface area contributed by atoms with E-state index < -0.39 is 10.0 Å². The molecule has 1 rings (SSSR count). The Hall–Kier alpha value is -1.44. The molecular formula is C14H22N2O4S. The van der Waals surface area contributed by atoms with Gasteiger partial charge < -0.3 is 10.1 Å². The number of nitrogens with one attached hydrogen (secondary N) is 2. The van der Waals surface area contributed by atoms with Gasteiger partial charge in [0.25, 0.3) is 5.91 Å². The molecule has 2 N–H and O–H groups in total. The van der Waals surface area contributed by atoms with Crippen molar-refractivity contribution in [1.29, 1.82) is 0 Å². The van der Waals surface area contributed by atoms with Gasteiger partial charge in [-0.25, -0.2) is 13.1 Å². The summed E-state index contributed by atoms with van der Waals surface area (Å²) in [7, 11) is -2.14. The third kappa shape index (κ3) is 5.82. The van der Waals surface area contributed by atoms with Gasteiger partial charge in [0, 0.05) is 25.8 Å². The van der Waals surface area contributed by atoms with Gasteiger partial charge in [-0.05, 0) is 24.1 Å². The molecule has 0 atom stereocenters. The van der Waals surface area contributed by atoms with Gasteiger partial charge in [0.05, 0.1) is 11.5 Å². The lowest BCUT2D eigenvalue weighted by Gasteiger charge is -2.10. The fourth-order valence-corrected chi connectivity index (χ4v) is 2.62. The lowest BCUT2D eigenvalue weighted by atomic mass is 10.2. The van der Waals surface area contributed by atoms with Crippen LogP contribution in [-0.4, -0.2) is 41.1 Å². The molecule has 0 heterocycles. The largest absolute Gasteiger partial charge is 0.383 e. The van der Waals surface area contributed by atoms with Crippen LogP contribution in [0.4, 0.5) is 0 Å². The van der Waals surface area contributed by atoms with Crippen LogP contribution in [0.5, 0.6) is 0 Å². The topological polar surface area (TPSA) is 84.5 Å². The molecule has 0 fully saturated rings. The average molecular weight is 314 g/mol. The van der Waals surface area contributed by atoms with Crippen molar-refractivity contribution in [2.45, 2.75) is 18.7 Å². The van der Waals surface area contributed by atoms with Crippen molar-refractivity contribution < 1.29 is 17.9 Å². The summed E-state index contributed by atoms with van der Waals surface area (Å²) in [5, 5.41) is 2.76. The first-order valence-corrected chi connectivity index (χ1v) is 8.22. The number of amides is 1. The van der Waals surface area contributed by atoms with Crippen LogP contribution in [0.2, 0.25) is 0 Å². The molecule has 7 heteroatoms. The molecule has 1 amide bonds. The number of sulfonamides is 1. The van der Waals surface area contributed by atoms with Crippen LogP contribution in [0.25, 0.3) is 0 Å². The third-order valence-electron chi connectivity index (χ3n) is 2.68. The van der Waals surface area contributed by atoms with Gasteiger partial charge in [-0.2, -0.15) is 0 Å². The lowest BCUT2D eigenvalue weighted by molar-refractivity contribution is 0.0949. The second-order valence-electron chi connectivity index (χ2n) is 5.02. The minimum atomic E-state index is -3.63. The lowest BCUT2D eigenvalue weighted by Crippen LogP contribution is -2.29. The number of hydrogen-bond acceptors (Lipinski definition) is 4. The number of hydrogen-bond donors (Lipinski definition) is 2. The summed E-state index contributed by atoms with van der Waals surface area (Å²) in [6, 6.07) is 5.96. The molecule has 1 aromatic rings. The highest BCUT2D eigenvalue weighted by atomic mass is 32.2. The zero-order chi connectivity index (χ0) is 15.9. The number of ether oxygens (including phenoxy) is 1. The molecule has 6 nitrogen and oxygen atoms in total. The van der Waals surface area contributed by atoms with Gasteiger partial charge in [0.15, 0.2) is 0 Å². The maximum absolute atomic E-state index is 12.0. The quantitative estimate of drug-likeness (QED) is 0.701. The maximum atomic E-state index is 12.0. The van der Waals surface area contributed by atoms with Gasteiger partial charge in [0.1, 0.15) is 0 Å². The van der Waals surface area contributed by atoms with Gasteiger partial charge in [-0.1, -0.05) is 19.9 Å². The number of carbonyl (C=O) groups excluding carboxylic acids is 1. The molecule has 0 aliphatic rings. The molecule has 0 saturated carbocycles. The van der Waals surface area contributed by atoms with Crippen LogP contribution in [0.1, 0.15) is 24.2 Å². The fourth-order valence-electron chi connectivity index (χ4n) is 1.56. The van der Waals surface area contributed by atoms with E-state index in [0.29, 0.717) is 18.0 Å². The van der Waals surface area contributed by atoms with Crippen molar-refractivity contribution in [1.82, 2.24) is 10.0 Å². The molecule has 0 aliphatic carbocycles. The van der Waals surface area contributed by atoms with Crippen molar-refractivity contribution in [3.63, 3.8) is 0 Å². The maximum Gasteiger partial charge on any atom is 0.251 e. The molecule has 0 radical (unpaired) electrons. The van der Waals surface area contributed by atoms with E-state index in [9.17, 15) is 13.2 Å². The predicted molar refractivity (Wildman–Crippen MR) is 80.7 cm³/mol. The van der Waals surface area contributed by atoms with Crippen LogP contribution in [0.3, 0.4) is 0 Å². The summed E-state index contributed by atoms with van der Waals surface area (Å²) >= 11 is 0.